The molecule has 0 spiro atoms. The number of hydrogen-bond donors (Lipinski definition) is 3. The monoisotopic (exact) mass is 425 g/mol. The third-order valence-electron chi connectivity index (χ3n) is 4.65. The zero-order valence-corrected chi connectivity index (χ0v) is 17.9. The normalized spacial score (nSPS) is 20.1. The summed E-state index contributed by atoms with van der Waals surface area (Å²) in [6.07, 6.45) is 6.15. The predicted molar refractivity (Wildman–Crippen MR) is 111 cm³/mol. The average molecular weight is 426 g/mol. The molecule has 0 aromatic carbocycles. The molecule has 1 aromatic rings. The summed E-state index contributed by atoms with van der Waals surface area (Å²) in [6, 6.07) is 3.30. The third kappa shape index (κ3) is 7.62. The van der Waals surface area contributed by atoms with E-state index >= 15 is 0 Å². The highest BCUT2D eigenvalue weighted by molar-refractivity contribution is 7.89. The number of rotatable bonds is 9. The highest BCUT2D eigenvalue weighted by Gasteiger charge is 2.27. The summed E-state index contributed by atoms with van der Waals surface area (Å²) in [5, 5.41) is 6.55. The minimum atomic E-state index is -3.58. The fraction of sp³-hybridized carbons (Fsp3) is 0.632. The maximum atomic E-state index is 12.2. The van der Waals surface area contributed by atoms with Crippen LogP contribution in [-0.2, 0) is 19.6 Å². The van der Waals surface area contributed by atoms with Crippen LogP contribution in [0.5, 0.6) is 0 Å². The minimum absolute atomic E-state index is 0.0191. The van der Waals surface area contributed by atoms with Gasteiger partial charge in [0.2, 0.25) is 10.0 Å². The van der Waals surface area contributed by atoms with Gasteiger partial charge in [-0.3, -0.25) is 14.8 Å². The van der Waals surface area contributed by atoms with E-state index in [1.807, 2.05) is 13.8 Å². The van der Waals surface area contributed by atoms with Gasteiger partial charge in [-0.1, -0.05) is 0 Å². The molecule has 1 fully saturated rings. The first-order valence-corrected chi connectivity index (χ1v) is 11.6. The van der Waals surface area contributed by atoms with E-state index in [4.69, 9.17) is 4.74 Å². The molecule has 162 valence electrons. The van der Waals surface area contributed by atoms with Gasteiger partial charge in [0.25, 0.3) is 0 Å². The van der Waals surface area contributed by atoms with E-state index in [2.05, 4.69) is 25.3 Å². The minimum Gasteiger partial charge on any atom is -0.466 e. The Hall–Kier alpha value is -2.20. The standard InChI is InChI=1S/C19H31N5O4S/c1-3-21-19(24-16-9-7-15(8-10-16)18(25)28-4-2)22-12-13-23-29(26,27)17-6-5-11-20-14-17/h5-6,11,14-16,23H,3-4,7-10,12-13H2,1-2H3,(H2,21,22,24). The number of carbonyl (C=O) groups excluding carboxylic acids is 1. The van der Waals surface area contributed by atoms with Crippen molar-refractivity contribution in [1.82, 2.24) is 20.3 Å². The average Bonchev–Trinajstić information content (AvgIpc) is 2.72. The van der Waals surface area contributed by atoms with Gasteiger partial charge < -0.3 is 15.4 Å². The fourth-order valence-electron chi connectivity index (χ4n) is 3.18. The van der Waals surface area contributed by atoms with Crippen molar-refractivity contribution in [2.45, 2.75) is 50.5 Å². The summed E-state index contributed by atoms with van der Waals surface area (Å²) in [5.74, 6) is 0.523. The SMILES string of the molecule is CCNC(=NCCNS(=O)(=O)c1cccnc1)NC1CCC(C(=O)OCC)CC1. The number of ether oxygens (including phenoxy) is 1. The highest BCUT2D eigenvalue weighted by atomic mass is 32.2. The molecule has 9 nitrogen and oxygen atoms in total. The van der Waals surface area contributed by atoms with Gasteiger partial charge in [0.05, 0.1) is 19.1 Å². The molecule has 29 heavy (non-hydrogen) atoms. The number of nitrogens with zero attached hydrogens (tertiary/aromatic N) is 2. The number of esters is 1. The first kappa shape index (κ1) is 23.1. The molecule has 1 aliphatic rings. The number of nitrogens with one attached hydrogen (secondary N) is 3. The molecule has 0 amide bonds. The molecule has 1 saturated carbocycles. The number of guanidine groups is 1. The second-order valence-corrected chi connectivity index (χ2v) is 8.56. The van der Waals surface area contributed by atoms with Crippen LogP contribution in [0.2, 0.25) is 0 Å². The Labute approximate surface area is 172 Å². The Morgan fingerprint density at radius 3 is 2.66 bits per heavy atom. The maximum Gasteiger partial charge on any atom is 0.308 e. The molecule has 0 radical (unpaired) electrons. The number of pyridine rings is 1. The molecule has 0 aliphatic heterocycles. The van der Waals surface area contributed by atoms with Crippen molar-refractivity contribution in [2.75, 3.05) is 26.2 Å². The van der Waals surface area contributed by atoms with E-state index < -0.39 is 10.0 Å². The van der Waals surface area contributed by atoms with Crippen molar-refractivity contribution in [2.24, 2.45) is 10.9 Å². The number of aliphatic imine (C=N–C) groups is 1. The number of hydrogen-bond acceptors (Lipinski definition) is 6. The Morgan fingerprint density at radius 2 is 2.03 bits per heavy atom. The van der Waals surface area contributed by atoms with Gasteiger partial charge in [0.15, 0.2) is 5.96 Å². The van der Waals surface area contributed by atoms with E-state index in [9.17, 15) is 13.2 Å². The second kappa shape index (κ2) is 11.7. The predicted octanol–water partition coefficient (Wildman–Crippen LogP) is 1.04. The summed E-state index contributed by atoms with van der Waals surface area (Å²) in [6.45, 7) is 5.39. The molecule has 10 heteroatoms. The Bertz CT molecular complexity index is 762. The van der Waals surface area contributed by atoms with Crippen LogP contribution in [0.15, 0.2) is 34.4 Å². The molecule has 0 unspecified atom stereocenters. The Balaban J connectivity index is 1.80. The molecule has 0 saturated heterocycles. The zero-order chi connectivity index (χ0) is 21.1. The molecule has 1 aliphatic carbocycles. The smallest absolute Gasteiger partial charge is 0.308 e. The Morgan fingerprint density at radius 1 is 1.28 bits per heavy atom. The molecule has 0 atom stereocenters. The van der Waals surface area contributed by atoms with Gasteiger partial charge in [-0.2, -0.15) is 0 Å². The Kier molecular flexibility index (Phi) is 9.33. The van der Waals surface area contributed by atoms with Gasteiger partial charge in [-0.15, -0.1) is 0 Å². The molecule has 3 N–H and O–H groups in total. The van der Waals surface area contributed by atoms with E-state index in [0.29, 0.717) is 25.7 Å². The molecule has 0 bridgehead atoms. The van der Waals surface area contributed by atoms with Gasteiger partial charge in [-0.25, -0.2) is 13.1 Å². The van der Waals surface area contributed by atoms with Crippen LogP contribution in [0.25, 0.3) is 0 Å². The van der Waals surface area contributed by atoms with Crippen molar-refractivity contribution in [3.63, 3.8) is 0 Å². The second-order valence-electron chi connectivity index (χ2n) is 6.79. The van der Waals surface area contributed by atoms with Crippen molar-refractivity contribution in [3.05, 3.63) is 24.5 Å². The highest BCUT2D eigenvalue weighted by Crippen LogP contribution is 2.25. The van der Waals surface area contributed by atoms with Crippen molar-refractivity contribution >= 4 is 22.0 Å². The maximum absolute atomic E-state index is 12.2. The lowest BCUT2D eigenvalue weighted by Crippen LogP contribution is -2.45. The van der Waals surface area contributed by atoms with E-state index in [0.717, 1.165) is 25.7 Å². The quantitative estimate of drug-likeness (QED) is 0.234. The van der Waals surface area contributed by atoms with Crippen LogP contribution < -0.4 is 15.4 Å². The van der Waals surface area contributed by atoms with E-state index in [1.54, 1.807) is 6.07 Å². The number of aromatic nitrogens is 1. The van der Waals surface area contributed by atoms with Gasteiger partial charge in [0.1, 0.15) is 4.90 Å². The molecule has 1 heterocycles. The largest absolute Gasteiger partial charge is 0.466 e. The van der Waals surface area contributed by atoms with Crippen LogP contribution in [0, 0.1) is 5.92 Å². The summed E-state index contributed by atoms with van der Waals surface area (Å²) in [5.41, 5.74) is 0. The van der Waals surface area contributed by atoms with E-state index in [1.165, 1.54) is 18.5 Å². The van der Waals surface area contributed by atoms with Crippen molar-refractivity contribution < 1.29 is 17.9 Å². The zero-order valence-electron chi connectivity index (χ0n) is 17.1. The third-order valence-corrected chi connectivity index (χ3v) is 6.10. The summed E-state index contributed by atoms with van der Waals surface area (Å²) < 4.78 is 32.0. The molecular formula is C19H31N5O4S. The van der Waals surface area contributed by atoms with E-state index in [-0.39, 0.29) is 29.4 Å². The summed E-state index contributed by atoms with van der Waals surface area (Å²) in [7, 11) is -3.58. The lowest BCUT2D eigenvalue weighted by Gasteiger charge is -2.29. The lowest BCUT2D eigenvalue weighted by molar-refractivity contribution is -0.149. The van der Waals surface area contributed by atoms with Gasteiger partial charge in [-0.05, 0) is 51.7 Å². The number of sulfonamides is 1. The van der Waals surface area contributed by atoms with Gasteiger partial charge in [0, 0.05) is 31.5 Å². The summed E-state index contributed by atoms with van der Waals surface area (Å²) in [4.78, 5) is 20.3. The topological polar surface area (TPSA) is 122 Å². The van der Waals surface area contributed by atoms with Crippen LogP contribution >= 0.6 is 0 Å². The molecule has 2 rings (SSSR count). The molecular weight excluding hydrogens is 394 g/mol. The first-order chi connectivity index (χ1) is 14.0. The molecule has 1 aromatic heterocycles. The van der Waals surface area contributed by atoms with Crippen LogP contribution in [0.4, 0.5) is 0 Å². The van der Waals surface area contributed by atoms with Crippen LogP contribution in [0.3, 0.4) is 0 Å². The van der Waals surface area contributed by atoms with Gasteiger partial charge >= 0.3 is 5.97 Å². The number of carbonyl (C=O) groups is 1. The fourth-order valence-corrected chi connectivity index (χ4v) is 4.17. The summed E-state index contributed by atoms with van der Waals surface area (Å²) >= 11 is 0. The van der Waals surface area contributed by atoms with Crippen molar-refractivity contribution in [3.8, 4) is 0 Å². The lowest BCUT2D eigenvalue weighted by atomic mass is 9.86. The van der Waals surface area contributed by atoms with Crippen LogP contribution in [-0.4, -0.2) is 57.6 Å². The van der Waals surface area contributed by atoms with Crippen molar-refractivity contribution in [1.29, 1.82) is 0 Å². The van der Waals surface area contributed by atoms with Crippen LogP contribution in [0.1, 0.15) is 39.5 Å². The first-order valence-electron chi connectivity index (χ1n) is 10.1.